The average Bonchev–Trinajstić information content (AvgIpc) is 2.87. The van der Waals surface area contributed by atoms with Crippen LogP contribution in [0.4, 0.5) is 0 Å². The van der Waals surface area contributed by atoms with Gasteiger partial charge in [0.05, 0.1) is 0 Å². The Bertz CT molecular complexity index is 391. The van der Waals surface area contributed by atoms with Crippen LogP contribution in [-0.2, 0) is 6.42 Å². The Balaban J connectivity index is 2.31. The number of hydrogen-bond donors (Lipinski definition) is 2. The van der Waals surface area contributed by atoms with Crippen LogP contribution in [0.25, 0.3) is 0 Å². The molecule has 1 atom stereocenters. The van der Waals surface area contributed by atoms with Crippen LogP contribution < -0.4 is 0 Å². The molecule has 3 heteroatoms. The zero-order valence-electron chi connectivity index (χ0n) is 8.03. The second kappa shape index (κ2) is 3.98. The van der Waals surface area contributed by atoms with Gasteiger partial charge in [0.1, 0.15) is 6.10 Å². The van der Waals surface area contributed by atoms with E-state index in [9.17, 15) is 5.11 Å². The van der Waals surface area contributed by atoms with Crippen LogP contribution in [0, 0.1) is 0 Å². The number of rotatable bonds is 3. The number of H-pyrrole nitrogens is 1. The number of aliphatic hydroxyl groups excluding tert-OH is 1. The van der Waals surface area contributed by atoms with Crippen LogP contribution in [0.5, 0.6) is 0 Å². The summed E-state index contributed by atoms with van der Waals surface area (Å²) in [5.74, 6) is 0. The molecule has 2 aromatic rings. The van der Waals surface area contributed by atoms with Gasteiger partial charge in [-0.25, -0.2) is 0 Å². The van der Waals surface area contributed by atoms with Crippen LogP contribution in [0.3, 0.4) is 0 Å². The molecule has 0 aliphatic heterocycles. The quantitative estimate of drug-likeness (QED) is 0.797. The van der Waals surface area contributed by atoms with E-state index in [-0.39, 0.29) is 0 Å². The highest BCUT2D eigenvalue weighted by molar-refractivity contribution is 7.10. The van der Waals surface area contributed by atoms with Gasteiger partial charge in [-0.15, -0.1) is 11.3 Å². The summed E-state index contributed by atoms with van der Waals surface area (Å²) in [4.78, 5) is 4.08. The standard InChI is InChI=1S/C11H13NOS/c1-2-8-5-7-14-11(8)10(13)9-4-3-6-12-9/h3-7,10,12-13H,2H2,1H3. The summed E-state index contributed by atoms with van der Waals surface area (Å²) < 4.78 is 0. The molecule has 0 aliphatic carbocycles. The molecule has 2 N–H and O–H groups in total. The number of aryl methyl sites for hydroxylation is 1. The van der Waals surface area contributed by atoms with E-state index in [0.717, 1.165) is 17.0 Å². The first-order valence-corrected chi connectivity index (χ1v) is 5.58. The first-order valence-electron chi connectivity index (χ1n) is 4.70. The van der Waals surface area contributed by atoms with Gasteiger partial charge in [-0.1, -0.05) is 6.92 Å². The molecule has 0 spiro atoms. The second-order valence-corrected chi connectivity index (χ2v) is 4.14. The summed E-state index contributed by atoms with van der Waals surface area (Å²) in [5.41, 5.74) is 2.10. The largest absolute Gasteiger partial charge is 0.381 e. The van der Waals surface area contributed by atoms with Gasteiger partial charge in [-0.3, -0.25) is 0 Å². The van der Waals surface area contributed by atoms with Crippen molar-refractivity contribution in [2.24, 2.45) is 0 Å². The monoisotopic (exact) mass is 207 g/mol. The Morgan fingerprint density at radius 2 is 2.36 bits per heavy atom. The number of aliphatic hydroxyl groups is 1. The number of aromatic amines is 1. The smallest absolute Gasteiger partial charge is 0.128 e. The molecular weight excluding hydrogens is 194 g/mol. The van der Waals surface area contributed by atoms with E-state index in [4.69, 9.17) is 0 Å². The summed E-state index contributed by atoms with van der Waals surface area (Å²) in [6, 6.07) is 5.88. The van der Waals surface area contributed by atoms with Gasteiger partial charge in [0.15, 0.2) is 0 Å². The third-order valence-corrected chi connectivity index (χ3v) is 3.34. The second-order valence-electron chi connectivity index (χ2n) is 3.19. The SMILES string of the molecule is CCc1ccsc1C(O)c1ccc[nH]1. The van der Waals surface area contributed by atoms with Crippen molar-refractivity contribution in [3.8, 4) is 0 Å². The molecule has 0 aliphatic rings. The Morgan fingerprint density at radius 1 is 1.50 bits per heavy atom. The van der Waals surface area contributed by atoms with Crippen molar-refractivity contribution in [1.82, 2.24) is 4.98 Å². The van der Waals surface area contributed by atoms with Crippen LogP contribution in [0.2, 0.25) is 0 Å². The van der Waals surface area contributed by atoms with Gasteiger partial charge in [0, 0.05) is 16.8 Å². The summed E-state index contributed by atoms with van der Waals surface area (Å²) >= 11 is 1.61. The van der Waals surface area contributed by atoms with Gasteiger partial charge in [-0.2, -0.15) is 0 Å². The van der Waals surface area contributed by atoms with Gasteiger partial charge >= 0.3 is 0 Å². The molecule has 0 amide bonds. The van der Waals surface area contributed by atoms with Crippen LogP contribution in [-0.4, -0.2) is 10.1 Å². The minimum absolute atomic E-state index is 0.500. The lowest BCUT2D eigenvalue weighted by Gasteiger charge is -2.08. The highest BCUT2D eigenvalue weighted by atomic mass is 32.1. The van der Waals surface area contributed by atoms with Crippen molar-refractivity contribution < 1.29 is 5.11 Å². The summed E-state index contributed by atoms with van der Waals surface area (Å²) in [6.45, 7) is 2.10. The predicted octanol–water partition coefficient (Wildman–Crippen LogP) is 2.72. The van der Waals surface area contributed by atoms with Crippen LogP contribution in [0.15, 0.2) is 29.8 Å². The summed E-state index contributed by atoms with van der Waals surface area (Å²) in [7, 11) is 0. The minimum atomic E-state index is -0.500. The summed E-state index contributed by atoms with van der Waals surface area (Å²) in [6.07, 6.45) is 2.30. The fourth-order valence-electron chi connectivity index (χ4n) is 1.53. The molecule has 0 saturated carbocycles. The number of hydrogen-bond acceptors (Lipinski definition) is 2. The molecule has 0 saturated heterocycles. The van der Waals surface area contributed by atoms with E-state index in [1.807, 2.05) is 23.7 Å². The Kier molecular flexibility index (Phi) is 2.70. The van der Waals surface area contributed by atoms with Gasteiger partial charge in [-0.05, 0) is 35.6 Å². The van der Waals surface area contributed by atoms with Crippen molar-refractivity contribution in [1.29, 1.82) is 0 Å². The van der Waals surface area contributed by atoms with Crippen molar-refractivity contribution in [3.05, 3.63) is 45.9 Å². The molecule has 1 unspecified atom stereocenters. The fourth-order valence-corrected chi connectivity index (χ4v) is 2.53. The van der Waals surface area contributed by atoms with E-state index in [1.54, 1.807) is 11.3 Å². The maximum absolute atomic E-state index is 10.1. The molecule has 74 valence electrons. The molecule has 0 bridgehead atoms. The Hall–Kier alpha value is -1.06. The van der Waals surface area contributed by atoms with Crippen LogP contribution >= 0.6 is 11.3 Å². The zero-order valence-corrected chi connectivity index (χ0v) is 8.84. The van der Waals surface area contributed by atoms with E-state index >= 15 is 0 Å². The summed E-state index contributed by atoms with van der Waals surface area (Å²) in [5, 5.41) is 12.1. The van der Waals surface area contributed by atoms with E-state index in [1.165, 1.54) is 5.56 Å². The molecule has 2 nitrogen and oxygen atoms in total. The third-order valence-electron chi connectivity index (χ3n) is 2.33. The first-order chi connectivity index (χ1) is 6.83. The van der Waals surface area contributed by atoms with E-state index in [2.05, 4.69) is 18.0 Å². The first kappa shape index (κ1) is 9.49. The zero-order chi connectivity index (χ0) is 9.97. The lowest BCUT2D eigenvalue weighted by molar-refractivity contribution is 0.219. The maximum atomic E-state index is 10.1. The van der Waals surface area contributed by atoms with Crippen molar-refractivity contribution in [2.75, 3.05) is 0 Å². The molecular formula is C11H13NOS. The van der Waals surface area contributed by atoms with Gasteiger partial charge < -0.3 is 10.1 Å². The van der Waals surface area contributed by atoms with Crippen LogP contribution in [0.1, 0.15) is 29.2 Å². The molecule has 0 fully saturated rings. The van der Waals surface area contributed by atoms with Crippen molar-refractivity contribution in [2.45, 2.75) is 19.4 Å². The number of aromatic nitrogens is 1. The van der Waals surface area contributed by atoms with Crippen molar-refractivity contribution >= 4 is 11.3 Å². The maximum Gasteiger partial charge on any atom is 0.128 e. The van der Waals surface area contributed by atoms with E-state index in [0.29, 0.717) is 0 Å². The van der Waals surface area contributed by atoms with Crippen molar-refractivity contribution in [3.63, 3.8) is 0 Å². The van der Waals surface area contributed by atoms with Gasteiger partial charge in [0.2, 0.25) is 0 Å². The highest BCUT2D eigenvalue weighted by Gasteiger charge is 2.15. The normalized spacial score (nSPS) is 13.0. The molecule has 2 rings (SSSR count). The minimum Gasteiger partial charge on any atom is -0.381 e. The predicted molar refractivity (Wildman–Crippen MR) is 58.6 cm³/mol. The third kappa shape index (κ3) is 1.61. The number of nitrogens with one attached hydrogen (secondary N) is 1. The molecule has 0 radical (unpaired) electrons. The fraction of sp³-hybridized carbons (Fsp3) is 0.273. The Labute approximate surface area is 87.2 Å². The topological polar surface area (TPSA) is 36.0 Å². The molecule has 14 heavy (non-hydrogen) atoms. The van der Waals surface area contributed by atoms with E-state index < -0.39 is 6.10 Å². The highest BCUT2D eigenvalue weighted by Crippen LogP contribution is 2.28. The van der Waals surface area contributed by atoms with Gasteiger partial charge in [0.25, 0.3) is 0 Å². The molecule has 2 aromatic heterocycles. The number of thiophene rings is 1. The molecule has 0 aromatic carbocycles. The molecule has 2 heterocycles. The lowest BCUT2D eigenvalue weighted by Crippen LogP contribution is -1.99. The lowest BCUT2D eigenvalue weighted by atomic mass is 10.1. The Morgan fingerprint density at radius 3 is 3.00 bits per heavy atom. The average molecular weight is 207 g/mol.